The second kappa shape index (κ2) is 9.93. The molecule has 1 saturated carbocycles. The van der Waals surface area contributed by atoms with E-state index in [0.717, 1.165) is 55.3 Å². The minimum Gasteiger partial charge on any atom is -0.339 e. The Morgan fingerprint density at radius 2 is 1.79 bits per heavy atom. The first-order valence-corrected chi connectivity index (χ1v) is 11.4. The Hall–Kier alpha value is -3.56. The number of nitrogens with zero attached hydrogens (tertiary/aromatic N) is 6. The number of nitrogens with one attached hydrogen (secondary N) is 2. The Kier molecular flexibility index (Phi) is 6.81. The number of aryl methyl sites for hydroxylation is 3. The molecule has 10 nitrogen and oxygen atoms in total. The van der Waals surface area contributed by atoms with Gasteiger partial charge in [-0.3, -0.25) is 14.3 Å². The Labute approximate surface area is 192 Å². The van der Waals surface area contributed by atoms with Gasteiger partial charge in [-0.25, -0.2) is 9.67 Å². The molecule has 0 aliphatic heterocycles. The molecule has 0 bridgehead atoms. The van der Waals surface area contributed by atoms with Gasteiger partial charge in [-0.1, -0.05) is 30.9 Å². The monoisotopic (exact) mass is 450 g/mol. The highest BCUT2D eigenvalue weighted by atomic mass is 16.2. The fraction of sp³-hybridized carbons (Fsp3) is 0.478. The molecular formula is C23H30N8O2. The highest BCUT2D eigenvalue weighted by Crippen LogP contribution is 2.27. The largest absolute Gasteiger partial charge is 0.339 e. The van der Waals surface area contributed by atoms with E-state index in [-0.39, 0.29) is 17.7 Å². The van der Waals surface area contributed by atoms with Gasteiger partial charge >= 0.3 is 0 Å². The molecule has 3 heterocycles. The first kappa shape index (κ1) is 22.6. The van der Waals surface area contributed by atoms with Crippen LogP contribution in [0.25, 0.3) is 11.3 Å². The lowest BCUT2D eigenvalue weighted by molar-refractivity contribution is -0.119. The van der Waals surface area contributed by atoms with Gasteiger partial charge in [0.15, 0.2) is 0 Å². The van der Waals surface area contributed by atoms with E-state index >= 15 is 0 Å². The minimum absolute atomic E-state index is 0.0639. The van der Waals surface area contributed by atoms with Crippen molar-refractivity contribution < 1.29 is 9.59 Å². The molecule has 174 valence electrons. The quantitative estimate of drug-likeness (QED) is 0.557. The SMILES string of the molecule is Cc1cnn(C)c1-c1ccc(NC(=O)[C@@H](NC(=O)c2cnnn2C)C2CCCCCC2)nc1. The number of rotatable bonds is 6. The lowest BCUT2D eigenvalue weighted by Gasteiger charge is -2.26. The van der Waals surface area contributed by atoms with Gasteiger partial charge < -0.3 is 10.6 Å². The summed E-state index contributed by atoms with van der Waals surface area (Å²) < 4.78 is 3.20. The van der Waals surface area contributed by atoms with Gasteiger partial charge in [0.25, 0.3) is 5.91 Å². The maximum Gasteiger partial charge on any atom is 0.271 e. The molecule has 0 saturated heterocycles. The summed E-state index contributed by atoms with van der Waals surface area (Å²) in [6.45, 7) is 2.00. The van der Waals surface area contributed by atoms with E-state index in [2.05, 4.69) is 31.0 Å². The van der Waals surface area contributed by atoms with Crippen molar-refractivity contribution in [1.82, 2.24) is 35.1 Å². The van der Waals surface area contributed by atoms with Gasteiger partial charge in [-0.2, -0.15) is 5.10 Å². The molecule has 1 aliphatic rings. The van der Waals surface area contributed by atoms with Gasteiger partial charge in [0.05, 0.1) is 18.1 Å². The number of hydrogen-bond donors (Lipinski definition) is 2. The first-order valence-electron chi connectivity index (χ1n) is 11.4. The zero-order valence-corrected chi connectivity index (χ0v) is 19.3. The summed E-state index contributed by atoms with van der Waals surface area (Å²) in [5.74, 6) is -0.114. The Bertz CT molecular complexity index is 1090. The topological polar surface area (TPSA) is 120 Å². The van der Waals surface area contributed by atoms with Crippen molar-refractivity contribution in [2.45, 2.75) is 51.5 Å². The fourth-order valence-corrected chi connectivity index (χ4v) is 4.53. The Balaban J connectivity index is 1.52. The zero-order valence-electron chi connectivity index (χ0n) is 19.3. The van der Waals surface area contributed by atoms with E-state index in [9.17, 15) is 9.59 Å². The van der Waals surface area contributed by atoms with E-state index in [1.165, 1.54) is 10.9 Å². The van der Waals surface area contributed by atoms with Gasteiger partial charge in [0.2, 0.25) is 5.91 Å². The summed E-state index contributed by atoms with van der Waals surface area (Å²) in [5, 5.41) is 17.7. The molecule has 2 amide bonds. The lowest BCUT2D eigenvalue weighted by atomic mass is 9.91. The number of hydrogen-bond acceptors (Lipinski definition) is 6. The lowest BCUT2D eigenvalue weighted by Crippen LogP contribution is -2.49. The van der Waals surface area contributed by atoms with Crippen molar-refractivity contribution in [2.75, 3.05) is 5.32 Å². The first-order chi connectivity index (χ1) is 15.9. The third kappa shape index (κ3) is 5.10. The van der Waals surface area contributed by atoms with Crippen LogP contribution in [0.1, 0.15) is 54.6 Å². The highest BCUT2D eigenvalue weighted by molar-refractivity contribution is 6.00. The molecule has 33 heavy (non-hydrogen) atoms. The maximum absolute atomic E-state index is 13.3. The summed E-state index contributed by atoms with van der Waals surface area (Å²) in [4.78, 5) is 30.6. The molecule has 0 unspecified atom stereocenters. The Morgan fingerprint density at radius 3 is 2.36 bits per heavy atom. The van der Waals surface area contributed by atoms with Crippen molar-refractivity contribution in [3.8, 4) is 11.3 Å². The van der Waals surface area contributed by atoms with Crippen LogP contribution in [-0.2, 0) is 18.9 Å². The van der Waals surface area contributed by atoms with E-state index < -0.39 is 6.04 Å². The van der Waals surface area contributed by atoms with E-state index in [1.54, 1.807) is 24.0 Å². The number of anilines is 1. The van der Waals surface area contributed by atoms with Gasteiger partial charge in [0, 0.05) is 25.9 Å². The molecule has 1 aliphatic carbocycles. The molecule has 2 N–H and O–H groups in total. The summed E-state index contributed by atoms with van der Waals surface area (Å²) in [6, 6.07) is 3.02. The van der Waals surface area contributed by atoms with Gasteiger partial charge in [0.1, 0.15) is 17.6 Å². The van der Waals surface area contributed by atoms with Crippen molar-refractivity contribution in [2.24, 2.45) is 20.0 Å². The predicted molar refractivity (Wildman–Crippen MR) is 123 cm³/mol. The smallest absolute Gasteiger partial charge is 0.271 e. The number of aromatic nitrogens is 6. The molecule has 4 rings (SSSR count). The minimum atomic E-state index is -0.661. The van der Waals surface area contributed by atoms with Crippen molar-refractivity contribution in [3.63, 3.8) is 0 Å². The average Bonchev–Trinajstić information content (AvgIpc) is 3.26. The number of carbonyl (C=O) groups excluding carboxylic acids is 2. The van der Waals surface area contributed by atoms with Crippen molar-refractivity contribution >= 4 is 17.6 Å². The molecule has 0 radical (unpaired) electrons. The summed E-state index contributed by atoms with van der Waals surface area (Å²) in [7, 11) is 3.54. The van der Waals surface area contributed by atoms with Gasteiger partial charge in [-0.05, 0) is 43.4 Å². The molecule has 3 aromatic heterocycles. The van der Waals surface area contributed by atoms with Crippen molar-refractivity contribution in [3.05, 3.63) is 42.0 Å². The van der Waals surface area contributed by atoms with Crippen LogP contribution < -0.4 is 10.6 Å². The van der Waals surface area contributed by atoms with E-state index in [0.29, 0.717) is 11.5 Å². The van der Waals surface area contributed by atoms with Crippen LogP contribution in [0.2, 0.25) is 0 Å². The van der Waals surface area contributed by atoms with E-state index in [4.69, 9.17) is 0 Å². The maximum atomic E-state index is 13.3. The molecule has 1 fully saturated rings. The normalized spacial score (nSPS) is 15.6. The van der Waals surface area contributed by atoms with Crippen LogP contribution in [-0.4, -0.2) is 47.6 Å². The zero-order chi connectivity index (χ0) is 23.4. The third-order valence-corrected chi connectivity index (χ3v) is 6.30. The summed E-state index contributed by atoms with van der Waals surface area (Å²) in [5.41, 5.74) is 3.27. The van der Waals surface area contributed by atoms with Crippen LogP contribution in [0, 0.1) is 12.8 Å². The van der Waals surface area contributed by atoms with Crippen LogP contribution in [0.5, 0.6) is 0 Å². The summed E-state index contributed by atoms with van der Waals surface area (Å²) >= 11 is 0. The molecule has 0 aromatic carbocycles. The van der Waals surface area contributed by atoms with Crippen LogP contribution in [0.3, 0.4) is 0 Å². The number of carbonyl (C=O) groups is 2. The predicted octanol–water partition coefficient (Wildman–Crippen LogP) is 2.63. The highest BCUT2D eigenvalue weighted by Gasteiger charge is 2.31. The molecule has 3 aromatic rings. The second-order valence-electron chi connectivity index (χ2n) is 8.67. The molecule has 0 spiro atoms. The fourth-order valence-electron chi connectivity index (χ4n) is 4.53. The number of pyridine rings is 1. The number of amides is 2. The standard InChI is InChI=1S/C23H30N8O2/c1-15-12-26-31(3)21(15)17-10-11-19(24-13-17)27-23(33)20(16-8-6-4-5-7-9-16)28-22(32)18-14-25-29-30(18)2/h10-14,16,20H,4-9H2,1-3H3,(H,28,32)(H,24,27,33)/t20-/m0/s1. The van der Waals surface area contributed by atoms with Gasteiger partial charge in [-0.15, -0.1) is 5.10 Å². The molecule has 10 heteroatoms. The van der Waals surface area contributed by atoms with E-state index in [1.807, 2.05) is 26.2 Å². The van der Waals surface area contributed by atoms with Crippen LogP contribution >= 0.6 is 0 Å². The molecule has 1 atom stereocenters. The average molecular weight is 451 g/mol. The second-order valence-corrected chi connectivity index (χ2v) is 8.67. The van der Waals surface area contributed by atoms with Crippen LogP contribution in [0.15, 0.2) is 30.7 Å². The summed E-state index contributed by atoms with van der Waals surface area (Å²) in [6.07, 6.45) is 11.1. The van der Waals surface area contributed by atoms with Crippen molar-refractivity contribution in [1.29, 1.82) is 0 Å². The third-order valence-electron chi connectivity index (χ3n) is 6.30. The Morgan fingerprint density at radius 1 is 1.03 bits per heavy atom. The molecular weight excluding hydrogens is 420 g/mol. The van der Waals surface area contributed by atoms with Crippen LogP contribution in [0.4, 0.5) is 5.82 Å².